The monoisotopic (exact) mass is 447 g/mol. The molecule has 0 aromatic heterocycles. The third-order valence-corrected chi connectivity index (χ3v) is 10.4. The molecule has 0 bridgehead atoms. The van der Waals surface area contributed by atoms with Crippen molar-refractivity contribution in [2.75, 3.05) is 13.2 Å². The van der Waals surface area contributed by atoms with Crippen LogP contribution in [0.5, 0.6) is 0 Å². The Balaban J connectivity index is 2.13. The maximum Gasteiger partial charge on any atom is 0.413 e. The van der Waals surface area contributed by atoms with E-state index in [9.17, 15) is 4.79 Å². The van der Waals surface area contributed by atoms with Crippen LogP contribution in [-0.2, 0) is 13.9 Å². The SMILES string of the molecule is C[C@H](/C=C/[C@H]1OC[C@@H](c2ccccc2)N1C(=O)OC(C)(C)C)CO[Si](C)(C)C(C)(C)C. The van der Waals surface area contributed by atoms with Crippen LogP contribution in [0, 0.1) is 5.92 Å². The number of ether oxygens (including phenoxy) is 2. The summed E-state index contributed by atoms with van der Waals surface area (Å²) in [6.45, 7) is 20.1. The summed E-state index contributed by atoms with van der Waals surface area (Å²) in [5.74, 6) is 0.217. The fourth-order valence-electron chi connectivity index (χ4n) is 3.05. The van der Waals surface area contributed by atoms with E-state index in [1.54, 1.807) is 4.90 Å². The normalized spacial score (nSPS) is 21.5. The second-order valence-corrected chi connectivity index (χ2v) is 15.8. The molecule has 0 unspecified atom stereocenters. The van der Waals surface area contributed by atoms with Crippen molar-refractivity contribution in [2.45, 2.75) is 84.5 Å². The van der Waals surface area contributed by atoms with Gasteiger partial charge < -0.3 is 13.9 Å². The first-order chi connectivity index (χ1) is 14.2. The van der Waals surface area contributed by atoms with E-state index in [0.717, 1.165) is 5.56 Å². The average Bonchev–Trinajstić information content (AvgIpc) is 3.07. The van der Waals surface area contributed by atoms with Crippen molar-refractivity contribution in [1.82, 2.24) is 4.90 Å². The summed E-state index contributed by atoms with van der Waals surface area (Å²) >= 11 is 0. The van der Waals surface area contributed by atoms with Gasteiger partial charge in [0.25, 0.3) is 0 Å². The quantitative estimate of drug-likeness (QED) is 0.367. The van der Waals surface area contributed by atoms with Gasteiger partial charge in [-0.15, -0.1) is 0 Å². The van der Waals surface area contributed by atoms with Crippen LogP contribution in [0.2, 0.25) is 18.1 Å². The summed E-state index contributed by atoms with van der Waals surface area (Å²) in [4.78, 5) is 14.7. The number of hydrogen-bond acceptors (Lipinski definition) is 4. The van der Waals surface area contributed by atoms with Gasteiger partial charge in [-0.25, -0.2) is 4.79 Å². The summed E-state index contributed by atoms with van der Waals surface area (Å²) < 4.78 is 18.1. The van der Waals surface area contributed by atoms with Crippen LogP contribution in [0.4, 0.5) is 4.79 Å². The van der Waals surface area contributed by atoms with Crippen molar-refractivity contribution >= 4 is 14.4 Å². The standard InChI is InChI=1S/C25H41NO4Si/c1-19(17-29-31(8,9)25(5,6)7)15-16-22-26(23(27)30-24(2,3)4)21(18-28-22)20-13-11-10-12-14-20/h10-16,19,21-22H,17-18H2,1-9H3/b16-15+/t19-,21+,22-/m1/s1. The third-order valence-electron chi connectivity index (χ3n) is 5.94. The zero-order valence-corrected chi connectivity index (χ0v) is 21.8. The molecule has 0 aliphatic carbocycles. The molecule has 3 atom stereocenters. The number of carbonyl (C=O) groups excluding carboxylic acids is 1. The Morgan fingerprint density at radius 3 is 2.35 bits per heavy atom. The average molecular weight is 448 g/mol. The molecule has 1 heterocycles. The first-order valence-electron chi connectivity index (χ1n) is 11.2. The predicted octanol–water partition coefficient (Wildman–Crippen LogP) is 6.54. The zero-order chi connectivity index (χ0) is 23.4. The molecule has 31 heavy (non-hydrogen) atoms. The molecule has 0 spiro atoms. The van der Waals surface area contributed by atoms with Gasteiger partial charge in [-0.2, -0.15) is 0 Å². The highest BCUT2D eigenvalue weighted by molar-refractivity contribution is 6.74. The molecular formula is C25H41NO4Si. The van der Waals surface area contributed by atoms with E-state index in [-0.39, 0.29) is 23.1 Å². The van der Waals surface area contributed by atoms with Crippen molar-refractivity contribution in [2.24, 2.45) is 5.92 Å². The van der Waals surface area contributed by atoms with Crippen molar-refractivity contribution in [1.29, 1.82) is 0 Å². The van der Waals surface area contributed by atoms with Gasteiger partial charge in [-0.3, -0.25) is 4.90 Å². The number of rotatable bonds is 6. The van der Waals surface area contributed by atoms with Crippen LogP contribution in [0.25, 0.3) is 0 Å². The van der Waals surface area contributed by atoms with Gasteiger partial charge in [0.1, 0.15) is 5.60 Å². The van der Waals surface area contributed by atoms with Crippen molar-refractivity contribution in [3.63, 3.8) is 0 Å². The first kappa shape index (κ1) is 25.6. The molecule has 1 amide bonds. The second kappa shape index (κ2) is 9.88. The topological polar surface area (TPSA) is 48.0 Å². The van der Waals surface area contributed by atoms with Gasteiger partial charge in [0.2, 0.25) is 0 Å². The summed E-state index contributed by atoms with van der Waals surface area (Å²) in [6, 6.07) is 9.79. The van der Waals surface area contributed by atoms with Gasteiger partial charge in [0.05, 0.1) is 12.6 Å². The minimum absolute atomic E-state index is 0.176. The number of nitrogens with zero attached hydrogens (tertiary/aromatic N) is 1. The van der Waals surface area contributed by atoms with E-state index in [1.165, 1.54) is 0 Å². The van der Waals surface area contributed by atoms with Gasteiger partial charge in [0.15, 0.2) is 14.5 Å². The van der Waals surface area contributed by atoms with E-state index in [2.05, 4.69) is 46.9 Å². The molecule has 0 saturated carbocycles. The van der Waals surface area contributed by atoms with E-state index in [1.807, 2.05) is 57.2 Å². The van der Waals surface area contributed by atoms with Crippen LogP contribution < -0.4 is 0 Å². The molecule has 1 aromatic carbocycles. The fraction of sp³-hybridized carbons (Fsp3) is 0.640. The minimum atomic E-state index is -1.79. The maximum atomic E-state index is 13.0. The number of benzene rings is 1. The molecule has 6 heteroatoms. The Hall–Kier alpha value is -1.63. The third kappa shape index (κ3) is 7.19. The van der Waals surface area contributed by atoms with Gasteiger partial charge >= 0.3 is 6.09 Å². The lowest BCUT2D eigenvalue weighted by atomic mass is 10.1. The first-order valence-corrected chi connectivity index (χ1v) is 14.1. The molecule has 1 aliphatic heterocycles. The highest BCUT2D eigenvalue weighted by Crippen LogP contribution is 2.37. The molecule has 5 nitrogen and oxygen atoms in total. The Labute approximate surface area is 189 Å². The lowest BCUT2D eigenvalue weighted by Crippen LogP contribution is -2.42. The van der Waals surface area contributed by atoms with Crippen LogP contribution in [0.1, 0.15) is 60.1 Å². The zero-order valence-electron chi connectivity index (χ0n) is 20.8. The summed E-state index contributed by atoms with van der Waals surface area (Å²) in [5, 5.41) is 0.182. The number of amides is 1. The molecule has 0 radical (unpaired) electrons. The van der Waals surface area contributed by atoms with Crippen LogP contribution >= 0.6 is 0 Å². The van der Waals surface area contributed by atoms with E-state index < -0.39 is 20.1 Å². The van der Waals surface area contributed by atoms with Crippen LogP contribution in [0.3, 0.4) is 0 Å². The van der Waals surface area contributed by atoms with Gasteiger partial charge in [0, 0.05) is 6.61 Å². The number of hydrogen-bond donors (Lipinski definition) is 0. The van der Waals surface area contributed by atoms with Crippen molar-refractivity contribution in [3.8, 4) is 0 Å². The smallest absolute Gasteiger partial charge is 0.413 e. The largest absolute Gasteiger partial charge is 0.444 e. The summed E-state index contributed by atoms with van der Waals surface area (Å²) in [5.41, 5.74) is 0.470. The minimum Gasteiger partial charge on any atom is -0.444 e. The van der Waals surface area contributed by atoms with E-state index in [0.29, 0.717) is 13.2 Å². The Bertz CT molecular complexity index is 749. The highest BCUT2D eigenvalue weighted by Gasteiger charge is 2.40. The molecular weight excluding hydrogens is 406 g/mol. The van der Waals surface area contributed by atoms with Crippen molar-refractivity contribution in [3.05, 3.63) is 48.0 Å². The van der Waals surface area contributed by atoms with E-state index in [4.69, 9.17) is 13.9 Å². The Morgan fingerprint density at radius 2 is 1.81 bits per heavy atom. The van der Waals surface area contributed by atoms with Crippen LogP contribution in [0.15, 0.2) is 42.5 Å². The predicted molar refractivity (Wildman–Crippen MR) is 128 cm³/mol. The highest BCUT2D eigenvalue weighted by atomic mass is 28.4. The maximum absolute atomic E-state index is 13.0. The van der Waals surface area contributed by atoms with Crippen LogP contribution in [-0.4, -0.2) is 44.4 Å². The summed E-state index contributed by atoms with van der Waals surface area (Å²) in [6.07, 6.45) is 3.23. The molecule has 1 aromatic rings. The van der Waals surface area contributed by atoms with Crippen molar-refractivity contribution < 1.29 is 18.7 Å². The van der Waals surface area contributed by atoms with Gasteiger partial charge in [-0.05, 0) is 56.5 Å². The molecule has 1 saturated heterocycles. The molecule has 2 rings (SSSR count). The lowest BCUT2D eigenvalue weighted by molar-refractivity contribution is 0.000807. The molecule has 174 valence electrons. The molecule has 1 aliphatic rings. The number of carbonyl (C=O) groups is 1. The molecule has 0 N–H and O–H groups in total. The fourth-order valence-corrected chi connectivity index (χ4v) is 4.16. The lowest BCUT2D eigenvalue weighted by Gasteiger charge is -2.36. The molecule has 1 fully saturated rings. The Kier molecular flexibility index (Phi) is 8.17. The van der Waals surface area contributed by atoms with E-state index >= 15 is 0 Å². The Morgan fingerprint density at radius 1 is 1.19 bits per heavy atom. The second-order valence-electron chi connectivity index (χ2n) is 11.0. The van der Waals surface area contributed by atoms with Gasteiger partial charge in [-0.1, -0.05) is 64.1 Å². The summed E-state index contributed by atoms with van der Waals surface area (Å²) in [7, 11) is -1.79.